The number of anilines is 1. The minimum atomic E-state index is -0.976. The fourth-order valence-electron chi connectivity index (χ4n) is 1.95. The maximum absolute atomic E-state index is 11.9. The average Bonchev–Trinajstić information content (AvgIpc) is 2.56. The van der Waals surface area contributed by atoms with Gasteiger partial charge in [0.1, 0.15) is 6.04 Å². The Kier molecular flexibility index (Phi) is 2.75. The molecule has 1 heterocycles. The summed E-state index contributed by atoms with van der Waals surface area (Å²) in [6, 6.07) is 6.42. The SMILES string of the molecule is Cc1cccc(N2CC(C(=O)O)N(C)C2=O)c1. The van der Waals surface area contributed by atoms with Gasteiger partial charge in [-0.1, -0.05) is 12.1 Å². The average molecular weight is 234 g/mol. The van der Waals surface area contributed by atoms with E-state index in [0.29, 0.717) is 0 Å². The van der Waals surface area contributed by atoms with Crippen LogP contribution in [0.4, 0.5) is 10.5 Å². The van der Waals surface area contributed by atoms with E-state index in [1.54, 1.807) is 0 Å². The normalized spacial score (nSPS) is 19.9. The van der Waals surface area contributed by atoms with E-state index >= 15 is 0 Å². The predicted octanol–water partition coefficient (Wildman–Crippen LogP) is 1.32. The van der Waals surface area contributed by atoms with Crippen LogP contribution in [-0.2, 0) is 4.79 Å². The van der Waals surface area contributed by atoms with Crippen molar-refractivity contribution in [1.29, 1.82) is 0 Å². The smallest absolute Gasteiger partial charge is 0.328 e. The third kappa shape index (κ3) is 1.95. The number of urea groups is 1. The minimum Gasteiger partial charge on any atom is -0.480 e. The third-order valence-electron chi connectivity index (χ3n) is 2.95. The molecule has 5 nitrogen and oxygen atoms in total. The largest absolute Gasteiger partial charge is 0.480 e. The second kappa shape index (κ2) is 4.08. The molecule has 1 unspecified atom stereocenters. The first-order valence-corrected chi connectivity index (χ1v) is 5.34. The van der Waals surface area contributed by atoms with E-state index in [1.165, 1.54) is 16.8 Å². The summed E-state index contributed by atoms with van der Waals surface area (Å²) in [5.41, 5.74) is 1.78. The summed E-state index contributed by atoms with van der Waals surface area (Å²) >= 11 is 0. The summed E-state index contributed by atoms with van der Waals surface area (Å²) in [6.45, 7) is 2.12. The maximum atomic E-state index is 11.9. The molecule has 1 saturated heterocycles. The number of rotatable bonds is 2. The van der Waals surface area contributed by atoms with Crippen LogP contribution in [-0.4, -0.2) is 41.6 Å². The first-order valence-electron chi connectivity index (χ1n) is 5.34. The summed E-state index contributed by atoms with van der Waals surface area (Å²) in [7, 11) is 1.51. The van der Waals surface area contributed by atoms with Gasteiger partial charge >= 0.3 is 12.0 Å². The van der Waals surface area contributed by atoms with Gasteiger partial charge in [0.15, 0.2) is 0 Å². The van der Waals surface area contributed by atoms with Crippen molar-refractivity contribution < 1.29 is 14.7 Å². The number of nitrogens with zero attached hydrogens (tertiary/aromatic N) is 2. The highest BCUT2D eigenvalue weighted by Gasteiger charge is 2.39. The van der Waals surface area contributed by atoms with Crippen LogP contribution in [0.15, 0.2) is 24.3 Å². The molecule has 0 spiro atoms. The molecule has 1 aliphatic rings. The fourth-order valence-corrected chi connectivity index (χ4v) is 1.95. The van der Waals surface area contributed by atoms with E-state index < -0.39 is 12.0 Å². The molecule has 17 heavy (non-hydrogen) atoms. The zero-order valence-corrected chi connectivity index (χ0v) is 9.75. The van der Waals surface area contributed by atoms with Crippen LogP contribution in [0.3, 0.4) is 0 Å². The molecule has 1 atom stereocenters. The molecule has 1 aromatic rings. The quantitative estimate of drug-likeness (QED) is 0.839. The van der Waals surface area contributed by atoms with E-state index in [9.17, 15) is 9.59 Å². The lowest BCUT2D eigenvalue weighted by atomic mass is 10.2. The Morgan fingerprint density at radius 3 is 2.71 bits per heavy atom. The molecular formula is C12H14N2O3. The summed E-state index contributed by atoms with van der Waals surface area (Å²) in [6.07, 6.45) is 0. The number of aryl methyl sites for hydroxylation is 1. The molecule has 1 fully saturated rings. The Balaban J connectivity index is 2.30. The number of hydrogen-bond donors (Lipinski definition) is 1. The number of carbonyl (C=O) groups is 2. The number of hydrogen-bond acceptors (Lipinski definition) is 2. The van der Waals surface area contributed by atoms with Gasteiger partial charge in [0.2, 0.25) is 0 Å². The number of carboxylic acid groups (broad SMARTS) is 1. The topological polar surface area (TPSA) is 60.9 Å². The molecule has 2 amide bonds. The predicted molar refractivity (Wildman–Crippen MR) is 63.1 cm³/mol. The lowest BCUT2D eigenvalue weighted by Crippen LogP contribution is -2.36. The van der Waals surface area contributed by atoms with E-state index in [4.69, 9.17) is 5.11 Å². The van der Waals surface area contributed by atoms with Crippen molar-refractivity contribution in [3.63, 3.8) is 0 Å². The number of likely N-dealkylation sites (N-methyl/N-ethyl adjacent to an activating group) is 1. The lowest BCUT2D eigenvalue weighted by Gasteiger charge is -2.16. The molecule has 90 valence electrons. The van der Waals surface area contributed by atoms with Gasteiger partial charge in [-0.25, -0.2) is 9.59 Å². The highest BCUT2D eigenvalue weighted by molar-refractivity contribution is 5.98. The van der Waals surface area contributed by atoms with Gasteiger partial charge in [-0.3, -0.25) is 4.90 Å². The highest BCUT2D eigenvalue weighted by atomic mass is 16.4. The van der Waals surface area contributed by atoms with Crippen LogP contribution in [0.25, 0.3) is 0 Å². The highest BCUT2D eigenvalue weighted by Crippen LogP contribution is 2.23. The molecular weight excluding hydrogens is 220 g/mol. The number of carboxylic acids is 1. The standard InChI is InChI=1S/C12H14N2O3/c1-8-4-3-5-9(6-8)14-7-10(11(15)16)13(2)12(14)17/h3-6,10H,7H2,1-2H3,(H,15,16). The number of benzene rings is 1. The lowest BCUT2D eigenvalue weighted by molar-refractivity contribution is -0.140. The summed E-state index contributed by atoms with van der Waals surface area (Å²) < 4.78 is 0. The van der Waals surface area contributed by atoms with Crippen molar-refractivity contribution >= 4 is 17.7 Å². The third-order valence-corrected chi connectivity index (χ3v) is 2.95. The van der Waals surface area contributed by atoms with Crippen LogP contribution < -0.4 is 4.90 Å². The van der Waals surface area contributed by atoms with Crippen LogP contribution in [0, 0.1) is 6.92 Å². The fraction of sp³-hybridized carbons (Fsp3) is 0.333. The zero-order chi connectivity index (χ0) is 12.6. The molecule has 5 heteroatoms. The summed E-state index contributed by atoms with van der Waals surface area (Å²) in [4.78, 5) is 25.6. The molecule has 1 N–H and O–H groups in total. The van der Waals surface area contributed by atoms with Gasteiger partial charge in [-0.2, -0.15) is 0 Å². The second-order valence-electron chi connectivity index (χ2n) is 4.20. The van der Waals surface area contributed by atoms with Crippen molar-refractivity contribution in [1.82, 2.24) is 4.90 Å². The Morgan fingerprint density at radius 1 is 1.47 bits per heavy atom. The van der Waals surface area contributed by atoms with Crippen molar-refractivity contribution in [2.24, 2.45) is 0 Å². The van der Waals surface area contributed by atoms with Crippen molar-refractivity contribution in [3.05, 3.63) is 29.8 Å². The number of carbonyl (C=O) groups excluding carboxylic acids is 1. The van der Waals surface area contributed by atoms with E-state index in [-0.39, 0.29) is 12.6 Å². The molecule has 1 aromatic carbocycles. The Hall–Kier alpha value is -2.04. The van der Waals surface area contributed by atoms with E-state index in [2.05, 4.69) is 0 Å². The second-order valence-corrected chi connectivity index (χ2v) is 4.20. The first-order chi connectivity index (χ1) is 8.00. The molecule has 0 aliphatic carbocycles. The molecule has 0 radical (unpaired) electrons. The monoisotopic (exact) mass is 234 g/mol. The van der Waals surface area contributed by atoms with E-state index in [1.807, 2.05) is 31.2 Å². The van der Waals surface area contributed by atoms with Gasteiger partial charge in [0.25, 0.3) is 0 Å². The summed E-state index contributed by atoms with van der Waals surface area (Å²) in [5, 5.41) is 9.00. The molecule has 2 rings (SSSR count). The van der Waals surface area contributed by atoms with Gasteiger partial charge in [-0.05, 0) is 24.6 Å². The van der Waals surface area contributed by atoms with Crippen LogP contribution in [0.2, 0.25) is 0 Å². The maximum Gasteiger partial charge on any atom is 0.328 e. The number of amides is 2. The Morgan fingerprint density at radius 2 is 2.18 bits per heavy atom. The van der Waals surface area contributed by atoms with Crippen molar-refractivity contribution in [3.8, 4) is 0 Å². The van der Waals surface area contributed by atoms with Gasteiger partial charge in [0, 0.05) is 12.7 Å². The van der Waals surface area contributed by atoms with Crippen molar-refractivity contribution in [2.75, 3.05) is 18.5 Å². The Bertz CT molecular complexity index is 473. The Labute approximate surface area is 99.3 Å². The van der Waals surface area contributed by atoms with Gasteiger partial charge < -0.3 is 10.0 Å². The van der Waals surface area contributed by atoms with E-state index in [0.717, 1.165) is 11.3 Å². The molecule has 0 aromatic heterocycles. The van der Waals surface area contributed by atoms with Crippen LogP contribution >= 0.6 is 0 Å². The van der Waals surface area contributed by atoms with Crippen molar-refractivity contribution in [2.45, 2.75) is 13.0 Å². The van der Waals surface area contributed by atoms with Crippen LogP contribution in [0.5, 0.6) is 0 Å². The summed E-state index contributed by atoms with van der Waals surface area (Å²) in [5.74, 6) is -0.976. The first kappa shape index (κ1) is 11.4. The zero-order valence-electron chi connectivity index (χ0n) is 9.75. The van der Waals surface area contributed by atoms with Gasteiger partial charge in [0.05, 0.1) is 6.54 Å². The minimum absolute atomic E-state index is 0.189. The van der Waals surface area contributed by atoms with Gasteiger partial charge in [-0.15, -0.1) is 0 Å². The number of aliphatic carboxylic acids is 1. The molecule has 1 aliphatic heterocycles. The molecule has 0 saturated carbocycles. The molecule has 0 bridgehead atoms. The van der Waals surface area contributed by atoms with Crippen LogP contribution in [0.1, 0.15) is 5.56 Å².